The van der Waals surface area contributed by atoms with Gasteiger partial charge in [-0.05, 0) is 31.0 Å². The van der Waals surface area contributed by atoms with Crippen LogP contribution in [0.3, 0.4) is 0 Å². The molecular weight excluding hydrogens is 196 g/mol. The Morgan fingerprint density at radius 3 is 2.88 bits per heavy atom. The van der Waals surface area contributed by atoms with Crippen molar-refractivity contribution >= 4 is 10.9 Å². The molecule has 1 aromatic heterocycles. The van der Waals surface area contributed by atoms with E-state index in [1.165, 1.54) is 10.9 Å². The predicted octanol–water partition coefficient (Wildman–Crippen LogP) is 3.12. The molecule has 16 heavy (non-hydrogen) atoms. The van der Waals surface area contributed by atoms with E-state index in [-0.39, 0.29) is 0 Å². The number of nitrogens with one attached hydrogen (secondary N) is 1. The fraction of sp³-hybridized carbons (Fsp3) is 0.357. The van der Waals surface area contributed by atoms with Gasteiger partial charge in [-0.3, -0.25) is 4.98 Å². The van der Waals surface area contributed by atoms with E-state index in [2.05, 4.69) is 48.4 Å². The number of nitrogens with zero attached hydrogens (tertiary/aromatic N) is 1. The number of benzene rings is 1. The van der Waals surface area contributed by atoms with E-state index in [0.29, 0.717) is 6.04 Å². The standard InChI is InChI=1S/C14H18N2/c1-3-11(2)16-10-12-8-9-15-14-7-5-4-6-13(12)14/h4-9,11,16H,3,10H2,1-2H3. The first-order valence-electron chi connectivity index (χ1n) is 5.87. The first kappa shape index (κ1) is 11.1. The van der Waals surface area contributed by atoms with Crippen LogP contribution < -0.4 is 5.32 Å². The Morgan fingerprint density at radius 2 is 2.06 bits per heavy atom. The highest BCUT2D eigenvalue weighted by molar-refractivity contribution is 5.81. The second-order valence-electron chi connectivity index (χ2n) is 4.18. The first-order valence-corrected chi connectivity index (χ1v) is 5.87. The Bertz CT molecular complexity index is 460. The number of pyridine rings is 1. The molecule has 0 fully saturated rings. The summed E-state index contributed by atoms with van der Waals surface area (Å²) in [6.45, 7) is 5.32. The minimum atomic E-state index is 0.562. The third kappa shape index (κ3) is 2.39. The Labute approximate surface area is 96.7 Å². The third-order valence-electron chi connectivity index (χ3n) is 2.99. The lowest BCUT2D eigenvalue weighted by Crippen LogP contribution is -2.24. The van der Waals surface area contributed by atoms with E-state index >= 15 is 0 Å². The molecule has 1 aromatic carbocycles. The molecular formula is C14H18N2. The topological polar surface area (TPSA) is 24.9 Å². The summed E-state index contributed by atoms with van der Waals surface area (Å²) in [5.74, 6) is 0. The minimum absolute atomic E-state index is 0.562. The van der Waals surface area contributed by atoms with Gasteiger partial charge in [0.25, 0.3) is 0 Å². The summed E-state index contributed by atoms with van der Waals surface area (Å²) < 4.78 is 0. The SMILES string of the molecule is CCC(C)NCc1ccnc2ccccc12. The molecule has 1 atom stereocenters. The highest BCUT2D eigenvalue weighted by atomic mass is 14.9. The van der Waals surface area contributed by atoms with Crippen LogP contribution in [0.2, 0.25) is 0 Å². The average Bonchev–Trinajstić information content (AvgIpc) is 2.35. The van der Waals surface area contributed by atoms with Gasteiger partial charge in [0.2, 0.25) is 0 Å². The normalized spacial score (nSPS) is 12.9. The molecule has 0 amide bonds. The van der Waals surface area contributed by atoms with E-state index in [0.717, 1.165) is 18.5 Å². The average molecular weight is 214 g/mol. The highest BCUT2D eigenvalue weighted by Crippen LogP contribution is 2.15. The molecule has 0 spiro atoms. The Hall–Kier alpha value is -1.41. The van der Waals surface area contributed by atoms with Gasteiger partial charge in [0.15, 0.2) is 0 Å². The molecule has 0 saturated carbocycles. The zero-order chi connectivity index (χ0) is 11.4. The molecule has 84 valence electrons. The van der Waals surface area contributed by atoms with E-state index in [1.807, 2.05) is 12.3 Å². The number of hydrogen-bond donors (Lipinski definition) is 1. The summed E-state index contributed by atoms with van der Waals surface area (Å²) in [4.78, 5) is 4.36. The lowest BCUT2D eigenvalue weighted by atomic mass is 10.1. The lowest BCUT2D eigenvalue weighted by molar-refractivity contribution is 0.535. The van der Waals surface area contributed by atoms with Crippen LogP contribution in [0.4, 0.5) is 0 Å². The van der Waals surface area contributed by atoms with Crippen LogP contribution in [-0.2, 0) is 6.54 Å². The molecule has 0 radical (unpaired) electrons. The molecule has 2 aromatic rings. The molecule has 1 unspecified atom stereocenters. The lowest BCUT2D eigenvalue weighted by Gasteiger charge is -2.12. The number of aromatic nitrogens is 1. The van der Waals surface area contributed by atoms with Crippen LogP contribution >= 0.6 is 0 Å². The van der Waals surface area contributed by atoms with Gasteiger partial charge in [-0.2, -0.15) is 0 Å². The van der Waals surface area contributed by atoms with Gasteiger partial charge in [0.1, 0.15) is 0 Å². The van der Waals surface area contributed by atoms with Gasteiger partial charge in [0, 0.05) is 24.2 Å². The predicted molar refractivity (Wildman–Crippen MR) is 68.3 cm³/mol. The molecule has 2 heteroatoms. The number of para-hydroxylation sites is 1. The van der Waals surface area contributed by atoms with Crippen molar-refractivity contribution in [1.29, 1.82) is 0 Å². The fourth-order valence-electron chi connectivity index (χ4n) is 1.74. The minimum Gasteiger partial charge on any atom is -0.310 e. The summed E-state index contributed by atoms with van der Waals surface area (Å²) in [7, 11) is 0. The molecule has 2 nitrogen and oxygen atoms in total. The molecule has 0 aliphatic carbocycles. The second-order valence-corrected chi connectivity index (χ2v) is 4.18. The molecule has 1 N–H and O–H groups in total. The summed E-state index contributed by atoms with van der Waals surface area (Å²) >= 11 is 0. The Kier molecular flexibility index (Phi) is 3.52. The summed E-state index contributed by atoms with van der Waals surface area (Å²) in [6.07, 6.45) is 3.04. The van der Waals surface area contributed by atoms with Crippen LogP contribution in [0, 0.1) is 0 Å². The molecule has 2 rings (SSSR count). The van der Waals surface area contributed by atoms with Gasteiger partial charge in [0.05, 0.1) is 5.52 Å². The first-order chi connectivity index (χ1) is 7.81. The van der Waals surface area contributed by atoms with Crippen LogP contribution in [0.5, 0.6) is 0 Å². The van der Waals surface area contributed by atoms with Gasteiger partial charge in [-0.15, -0.1) is 0 Å². The molecule has 0 bridgehead atoms. The molecule has 1 heterocycles. The Balaban J connectivity index is 2.23. The van der Waals surface area contributed by atoms with E-state index in [9.17, 15) is 0 Å². The van der Waals surface area contributed by atoms with Crippen molar-refractivity contribution < 1.29 is 0 Å². The molecule has 0 aliphatic heterocycles. The number of fused-ring (bicyclic) bond motifs is 1. The monoisotopic (exact) mass is 214 g/mol. The second kappa shape index (κ2) is 5.08. The van der Waals surface area contributed by atoms with Gasteiger partial charge in [-0.1, -0.05) is 25.1 Å². The summed E-state index contributed by atoms with van der Waals surface area (Å²) in [5.41, 5.74) is 2.40. The largest absolute Gasteiger partial charge is 0.310 e. The smallest absolute Gasteiger partial charge is 0.0705 e. The van der Waals surface area contributed by atoms with E-state index in [1.54, 1.807) is 0 Å². The maximum Gasteiger partial charge on any atom is 0.0705 e. The van der Waals surface area contributed by atoms with E-state index in [4.69, 9.17) is 0 Å². The zero-order valence-electron chi connectivity index (χ0n) is 9.90. The maximum atomic E-state index is 4.36. The summed E-state index contributed by atoms with van der Waals surface area (Å²) in [5, 5.41) is 4.76. The quantitative estimate of drug-likeness (QED) is 0.845. The van der Waals surface area contributed by atoms with Crippen LogP contribution in [-0.4, -0.2) is 11.0 Å². The van der Waals surface area contributed by atoms with Crippen molar-refractivity contribution in [3.05, 3.63) is 42.1 Å². The van der Waals surface area contributed by atoms with Gasteiger partial charge >= 0.3 is 0 Å². The number of hydrogen-bond acceptors (Lipinski definition) is 2. The van der Waals surface area contributed by atoms with Gasteiger partial charge in [-0.25, -0.2) is 0 Å². The summed E-state index contributed by atoms with van der Waals surface area (Å²) in [6, 6.07) is 10.9. The van der Waals surface area contributed by atoms with Crippen molar-refractivity contribution in [2.45, 2.75) is 32.9 Å². The van der Waals surface area contributed by atoms with E-state index < -0.39 is 0 Å². The Morgan fingerprint density at radius 1 is 1.25 bits per heavy atom. The molecule has 0 saturated heterocycles. The molecule has 0 aliphatic rings. The van der Waals surface area contributed by atoms with Crippen molar-refractivity contribution in [3.63, 3.8) is 0 Å². The highest BCUT2D eigenvalue weighted by Gasteiger charge is 2.02. The van der Waals surface area contributed by atoms with Crippen LogP contribution in [0.1, 0.15) is 25.8 Å². The van der Waals surface area contributed by atoms with Crippen molar-refractivity contribution in [2.75, 3.05) is 0 Å². The zero-order valence-corrected chi connectivity index (χ0v) is 9.90. The number of rotatable bonds is 4. The van der Waals surface area contributed by atoms with Crippen LogP contribution in [0.25, 0.3) is 10.9 Å². The fourth-order valence-corrected chi connectivity index (χ4v) is 1.74. The third-order valence-corrected chi connectivity index (χ3v) is 2.99. The van der Waals surface area contributed by atoms with Crippen molar-refractivity contribution in [1.82, 2.24) is 10.3 Å². The van der Waals surface area contributed by atoms with Crippen molar-refractivity contribution in [3.8, 4) is 0 Å². The van der Waals surface area contributed by atoms with Crippen LogP contribution in [0.15, 0.2) is 36.5 Å². The van der Waals surface area contributed by atoms with Crippen molar-refractivity contribution in [2.24, 2.45) is 0 Å². The van der Waals surface area contributed by atoms with Gasteiger partial charge < -0.3 is 5.32 Å². The maximum absolute atomic E-state index is 4.36.